The maximum Gasteiger partial charge on any atom is 0.293 e. The summed E-state index contributed by atoms with van der Waals surface area (Å²) in [6, 6.07) is 4.34. The fourth-order valence-electron chi connectivity index (χ4n) is 5.28. The average molecular weight is 428 g/mol. The summed E-state index contributed by atoms with van der Waals surface area (Å²) < 4.78 is 17.9. The summed E-state index contributed by atoms with van der Waals surface area (Å²) in [6.07, 6.45) is 8.83. The second-order valence-electron chi connectivity index (χ2n) is 8.54. The van der Waals surface area contributed by atoms with Crippen molar-refractivity contribution in [3.8, 4) is 22.8 Å². The van der Waals surface area contributed by atoms with Gasteiger partial charge in [0.15, 0.2) is 11.5 Å². The van der Waals surface area contributed by atoms with Crippen LogP contribution >= 0.6 is 0 Å². The Labute approximate surface area is 186 Å². The van der Waals surface area contributed by atoms with E-state index < -0.39 is 0 Å². The van der Waals surface area contributed by atoms with E-state index in [-0.39, 0.29) is 0 Å². The minimum absolute atomic E-state index is 0.462. The molecule has 0 unspecified atom stereocenters. The topological polar surface area (TPSA) is 49.7 Å². The molecule has 2 heterocycles. The number of aromatic nitrogens is 1. The molecule has 31 heavy (non-hydrogen) atoms. The third-order valence-electron chi connectivity index (χ3n) is 6.70. The molecule has 170 valence electrons. The molecule has 5 heteroatoms. The Morgan fingerprint density at radius 1 is 1.06 bits per heavy atom. The van der Waals surface area contributed by atoms with Crippen molar-refractivity contribution in [2.24, 2.45) is 0 Å². The number of hydrogen-bond donors (Lipinski definition) is 0. The first-order valence-electron chi connectivity index (χ1n) is 11.6. The van der Waals surface area contributed by atoms with Gasteiger partial charge in [0.1, 0.15) is 0 Å². The minimum atomic E-state index is 0.462. The smallest absolute Gasteiger partial charge is 0.293 e. The Hall–Kier alpha value is -2.43. The van der Waals surface area contributed by atoms with Gasteiger partial charge in [-0.05, 0) is 74.3 Å². The van der Waals surface area contributed by atoms with E-state index in [0.29, 0.717) is 13.1 Å². The summed E-state index contributed by atoms with van der Waals surface area (Å²) in [5.41, 5.74) is 8.70. The molecular weight excluding hydrogens is 390 g/mol. The highest BCUT2D eigenvalue weighted by Crippen LogP contribution is 2.45. The van der Waals surface area contributed by atoms with Crippen LogP contribution in [0.25, 0.3) is 11.3 Å². The molecule has 1 aromatic heterocycles. The van der Waals surface area contributed by atoms with Gasteiger partial charge in [0.05, 0.1) is 26.5 Å². The van der Waals surface area contributed by atoms with Gasteiger partial charge in [0.25, 0.3) is 6.47 Å². The lowest BCUT2D eigenvalue weighted by Gasteiger charge is -2.23. The Kier molecular flexibility index (Phi) is 8.05. The van der Waals surface area contributed by atoms with Gasteiger partial charge in [-0.15, -0.1) is 0 Å². The molecule has 1 aliphatic carbocycles. The Morgan fingerprint density at radius 3 is 2.32 bits per heavy atom. The van der Waals surface area contributed by atoms with Crippen LogP contribution in [-0.2, 0) is 22.5 Å². The molecule has 1 aromatic carbocycles. The van der Waals surface area contributed by atoms with Crippen LogP contribution in [0, 0.1) is 13.8 Å². The number of methoxy groups -OCH3 is 2. The first-order valence-corrected chi connectivity index (χ1v) is 11.6. The first kappa shape index (κ1) is 23.2. The van der Waals surface area contributed by atoms with Crippen LogP contribution in [0.2, 0.25) is 0 Å². The fraction of sp³-hybridized carbons (Fsp3) is 0.577. The van der Waals surface area contributed by atoms with Gasteiger partial charge >= 0.3 is 0 Å². The number of benzene rings is 1. The Balaban J connectivity index is 0.000000401. The van der Waals surface area contributed by atoms with Crippen LogP contribution in [0.3, 0.4) is 0 Å². The van der Waals surface area contributed by atoms with Crippen molar-refractivity contribution in [3.05, 3.63) is 34.5 Å². The van der Waals surface area contributed by atoms with Crippen molar-refractivity contribution in [1.82, 2.24) is 4.57 Å². The van der Waals surface area contributed by atoms with Gasteiger partial charge in [-0.25, -0.2) is 0 Å². The maximum atomic E-state index is 9.34. The molecule has 0 radical (unpaired) electrons. The molecule has 4 rings (SSSR count). The molecular formula is C26H37NO4. The number of rotatable bonds is 6. The van der Waals surface area contributed by atoms with Gasteiger partial charge < -0.3 is 18.8 Å². The summed E-state index contributed by atoms with van der Waals surface area (Å²) in [5.74, 6) is 2.41. The first-order chi connectivity index (χ1) is 15.1. The van der Waals surface area contributed by atoms with Gasteiger partial charge in [-0.3, -0.25) is 4.79 Å². The van der Waals surface area contributed by atoms with Crippen molar-refractivity contribution in [2.75, 3.05) is 20.8 Å². The summed E-state index contributed by atoms with van der Waals surface area (Å²) in [5, 5.41) is 0. The Morgan fingerprint density at radius 2 is 1.74 bits per heavy atom. The maximum absolute atomic E-state index is 9.34. The summed E-state index contributed by atoms with van der Waals surface area (Å²) in [7, 11) is 3.43. The van der Waals surface area contributed by atoms with Crippen LogP contribution in [0.1, 0.15) is 73.8 Å². The van der Waals surface area contributed by atoms with E-state index >= 15 is 0 Å². The third kappa shape index (κ3) is 4.76. The van der Waals surface area contributed by atoms with Crippen molar-refractivity contribution >= 4 is 6.47 Å². The van der Waals surface area contributed by atoms with Crippen LogP contribution in [0.4, 0.5) is 0 Å². The molecule has 0 saturated heterocycles. The van der Waals surface area contributed by atoms with E-state index in [1.165, 1.54) is 60.2 Å². The van der Waals surface area contributed by atoms with Crippen LogP contribution in [0.5, 0.6) is 11.5 Å². The monoisotopic (exact) mass is 427 g/mol. The fourth-order valence-corrected chi connectivity index (χ4v) is 5.28. The number of fused-ring (bicyclic) bond motifs is 3. The minimum Gasteiger partial charge on any atom is -0.493 e. The number of ether oxygens (including phenoxy) is 3. The number of hydrogen-bond acceptors (Lipinski definition) is 4. The largest absolute Gasteiger partial charge is 0.493 e. The Bertz CT molecular complexity index is 894. The molecule has 2 aromatic rings. The molecule has 1 aliphatic heterocycles. The molecule has 2 aliphatic rings. The van der Waals surface area contributed by atoms with Gasteiger partial charge in [-0.2, -0.15) is 0 Å². The molecule has 5 nitrogen and oxygen atoms in total. The molecule has 0 atom stereocenters. The molecule has 0 N–H and O–H groups in total. The van der Waals surface area contributed by atoms with Gasteiger partial charge in [0, 0.05) is 17.8 Å². The lowest BCUT2D eigenvalue weighted by Crippen LogP contribution is -2.13. The predicted molar refractivity (Wildman–Crippen MR) is 124 cm³/mol. The molecule has 0 spiro atoms. The number of carbonyl (C=O) groups excluding carboxylic acids is 1. The zero-order valence-electron chi connectivity index (χ0n) is 19.8. The van der Waals surface area contributed by atoms with E-state index in [1.807, 2.05) is 6.92 Å². The van der Waals surface area contributed by atoms with Crippen molar-refractivity contribution in [3.63, 3.8) is 0 Å². The second kappa shape index (κ2) is 10.7. The van der Waals surface area contributed by atoms with E-state index in [2.05, 4.69) is 35.3 Å². The lowest BCUT2D eigenvalue weighted by molar-refractivity contribution is -0.128. The highest BCUT2D eigenvalue weighted by Gasteiger charge is 2.29. The predicted octanol–water partition coefficient (Wildman–Crippen LogP) is 5.96. The molecule has 0 amide bonds. The highest BCUT2D eigenvalue weighted by molar-refractivity contribution is 5.75. The van der Waals surface area contributed by atoms with Crippen molar-refractivity contribution in [2.45, 2.75) is 78.2 Å². The van der Waals surface area contributed by atoms with Crippen LogP contribution in [-0.4, -0.2) is 31.9 Å². The quantitative estimate of drug-likeness (QED) is 0.421. The summed E-state index contributed by atoms with van der Waals surface area (Å²) in [4.78, 5) is 9.34. The van der Waals surface area contributed by atoms with Crippen LogP contribution < -0.4 is 9.47 Å². The van der Waals surface area contributed by atoms with Crippen molar-refractivity contribution < 1.29 is 19.0 Å². The summed E-state index contributed by atoms with van der Waals surface area (Å²) >= 11 is 0. The molecule has 1 fully saturated rings. The number of nitrogens with zero attached hydrogens (tertiary/aromatic N) is 1. The van der Waals surface area contributed by atoms with Crippen molar-refractivity contribution in [1.29, 1.82) is 0 Å². The zero-order chi connectivity index (χ0) is 22.4. The van der Waals surface area contributed by atoms with E-state index in [0.717, 1.165) is 36.8 Å². The third-order valence-corrected chi connectivity index (χ3v) is 6.70. The van der Waals surface area contributed by atoms with E-state index in [9.17, 15) is 4.79 Å². The zero-order valence-corrected chi connectivity index (χ0v) is 19.8. The lowest BCUT2D eigenvalue weighted by atomic mass is 9.82. The van der Waals surface area contributed by atoms with E-state index in [4.69, 9.17) is 9.47 Å². The SMILES string of the molecule is CCCOC=O.COc1cc2c(cc1OC)-c1c(C)c(C3CCCCC3)c(C)n1CC2. The normalized spacial score (nSPS) is 15.3. The second-order valence-corrected chi connectivity index (χ2v) is 8.54. The molecule has 1 saturated carbocycles. The highest BCUT2D eigenvalue weighted by atomic mass is 16.5. The average Bonchev–Trinajstić information content (AvgIpc) is 3.07. The van der Waals surface area contributed by atoms with E-state index in [1.54, 1.807) is 19.8 Å². The summed E-state index contributed by atoms with van der Waals surface area (Å²) in [6.45, 7) is 8.68. The number of carbonyl (C=O) groups is 1. The van der Waals surface area contributed by atoms with Gasteiger partial charge in [-0.1, -0.05) is 26.2 Å². The number of aryl methyl sites for hydroxylation is 1. The molecule has 0 bridgehead atoms. The van der Waals surface area contributed by atoms with Gasteiger partial charge in [0.2, 0.25) is 0 Å². The standard InChI is InChI=1S/C22H29NO2.C4H8O2/c1-14-21(16-8-6-5-7-9-16)15(2)23-11-10-17-12-19(24-3)20(25-4)13-18(17)22(14)23;1-2-3-6-4-5/h12-13,16H,5-11H2,1-4H3;4H,2-3H2,1H3. The van der Waals surface area contributed by atoms with Crippen LogP contribution in [0.15, 0.2) is 12.1 Å².